The predicted molar refractivity (Wildman–Crippen MR) is 136 cm³/mol. The average molecular weight is 435 g/mol. The van der Waals surface area contributed by atoms with Gasteiger partial charge in [0.1, 0.15) is 5.75 Å². The van der Waals surface area contributed by atoms with Crippen molar-refractivity contribution in [2.45, 2.75) is 33.1 Å². The van der Waals surface area contributed by atoms with E-state index in [4.69, 9.17) is 9.47 Å². The second-order valence-electron chi connectivity index (χ2n) is 8.66. The van der Waals surface area contributed by atoms with Crippen molar-refractivity contribution in [3.63, 3.8) is 0 Å². The highest BCUT2D eigenvalue weighted by Gasteiger charge is 2.23. The minimum Gasteiger partial charge on any atom is -0.468 e. The van der Waals surface area contributed by atoms with E-state index in [1.165, 1.54) is 50.1 Å². The lowest BCUT2D eigenvalue weighted by molar-refractivity contribution is 0.0224. The van der Waals surface area contributed by atoms with Gasteiger partial charge in [-0.2, -0.15) is 0 Å². The number of fused-ring (bicyclic) bond motifs is 3. The molecule has 1 aliphatic rings. The van der Waals surface area contributed by atoms with Crippen LogP contribution in [0.3, 0.4) is 0 Å². The van der Waals surface area contributed by atoms with E-state index in [1.54, 1.807) is 0 Å². The smallest absolute Gasteiger partial charge is 0.189 e. The molecule has 0 spiro atoms. The van der Waals surface area contributed by atoms with Gasteiger partial charge >= 0.3 is 0 Å². The van der Waals surface area contributed by atoms with E-state index in [2.05, 4.69) is 79.7 Å². The molecule has 0 saturated heterocycles. The van der Waals surface area contributed by atoms with Crippen LogP contribution in [-0.4, -0.2) is 13.4 Å². The first-order valence-corrected chi connectivity index (χ1v) is 11.8. The van der Waals surface area contributed by atoms with E-state index >= 15 is 0 Å². The molecule has 4 aromatic carbocycles. The number of ether oxygens (including phenoxy) is 2. The first-order valence-electron chi connectivity index (χ1n) is 11.8. The molecule has 33 heavy (non-hydrogen) atoms. The number of aryl methyl sites for hydroxylation is 2. The molecule has 2 nitrogen and oxygen atoms in total. The number of hydrogen-bond donors (Lipinski definition) is 0. The Morgan fingerprint density at radius 3 is 2.30 bits per heavy atom. The molecule has 0 N–H and O–H groups in total. The Hall–Kier alpha value is -3.36. The van der Waals surface area contributed by atoms with Crippen LogP contribution >= 0.6 is 0 Å². The number of benzene rings is 4. The fourth-order valence-corrected chi connectivity index (χ4v) is 4.90. The Kier molecular flexibility index (Phi) is 6.28. The van der Waals surface area contributed by atoms with Crippen LogP contribution in [0.2, 0.25) is 0 Å². The molecule has 0 radical (unpaired) electrons. The molecule has 0 fully saturated rings. The summed E-state index contributed by atoms with van der Waals surface area (Å²) in [6.45, 7) is 5.12. The molecule has 0 bridgehead atoms. The van der Waals surface area contributed by atoms with E-state index in [1.807, 2.05) is 19.1 Å². The molecule has 1 aliphatic carbocycles. The molecule has 0 heterocycles. The maximum absolute atomic E-state index is 5.68. The minimum atomic E-state index is 0.286. The van der Waals surface area contributed by atoms with Gasteiger partial charge in [0.15, 0.2) is 6.79 Å². The third kappa shape index (κ3) is 4.44. The Bertz CT molecular complexity index is 1250. The van der Waals surface area contributed by atoms with Gasteiger partial charge in [-0.1, -0.05) is 72.8 Å². The third-order valence-corrected chi connectivity index (χ3v) is 6.69. The van der Waals surface area contributed by atoms with Crippen LogP contribution in [0.5, 0.6) is 5.75 Å². The van der Waals surface area contributed by atoms with Crippen LogP contribution < -0.4 is 4.74 Å². The van der Waals surface area contributed by atoms with Crippen LogP contribution in [0.1, 0.15) is 34.7 Å². The fraction of sp³-hybridized carbons (Fsp3) is 0.226. The number of hydrogen-bond acceptors (Lipinski definition) is 2. The van der Waals surface area contributed by atoms with Gasteiger partial charge in [0, 0.05) is 6.61 Å². The predicted octanol–water partition coefficient (Wildman–Crippen LogP) is 7.39. The summed E-state index contributed by atoms with van der Waals surface area (Å²) < 4.78 is 11.0. The quantitative estimate of drug-likeness (QED) is 0.187. The summed E-state index contributed by atoms with van der Waals surface area (Å²) in [7, 11) is 0. The second kappa shape index (κ2) is 9.64. The van der Waals surface area contributed by atoms with Crippen molar-refractivity contribution in [1.82, 2.24) is 0 Å². The van der Waals surface area contributed by atoms with Crippen LogP contribution in [0, 0.1) is 6.92 Å². The average Bonchev–Trinajstić information content (AvgIpc) is 3.23. The van der Waals surface area contributed by atoms with E-state index < -0.39 is 0 Å². The first kappa shape index (κ1) is 21.5. The fourth-order valence-electron chi connectivity index (χ4n) is 4.90. The molecule has 2 heteroatoms. The third-order valence-electron chi connectivity index (χ3n) is 6.69. The molecule has 0 amide bonds. The van der Waals surface area contributed by atoms with Crippen molar-refractivity contribution < 1.29 is 9.47 Å². The number of rotatable bonds is 8. The monoisotopic (exact) mass is 434 g/mol. The second-order valence-corrected chi connectivity index (χ2v) is 8.66. The van der Waals surface area contributed by atoms with Crippen LogP contribution in [-0.2, 0) is 24.0 Å². The van der Waals surface area contributed by atoms with Gasteiger partial charge in [0.25, 0.3) is 0 Å². The van der Waals surface area contributed by atoms with Crippen LogP contribution in [0.15, 0.2) is 84.9 Å². The Labute approximate surface area is 196 Å². The summed E-state index contributed by atoms with van der Waals surface area (Å²) in [6.07, 6.45) is 3.08. The van der Waals surface area contributed by atoms with Gasteiger partial charge < -0.3 is 9.47 Å². The topological polar surface area (TPSA) is 18.5 Å². The summed E-state index contributed by atoms with van der Waals surface area (Å²) in [5, 5.41) is 0. The summed E-state index contributed by atoms with van der Waals surface area (Å²) >= 11 is 0. The van der Waals surface area contributed by atoms with Crippen molar-refractivity contribution in [3.05, 3.63) is 113 Å². The van der Waals surface area contributed by atoms with Gasteiger partial charge in [0.05, 0.1) is 0 Å². The minimum absolute atomic E-state index is 0.286. The Morgan fingerprint density at radius 2 is 1.48 bits per heavy atom. The highest BCUT2D eigenvalue weighted by atomic mass is 16.7. The van der Waals surface area contributed by atoms with Crippen molar-refractivity contribution in [3.8, 4) is 28.0 Å². The molecule has 0 atom stereocenters. The highest BCUT2D eigenvalue weighted by molar-refractivity contribution is 5.83. The van der Waals surface area contributed by atoms with Crippen LogP contribution in [0.4, 0.5) is 0 Å². The van der Waals surface area contributed by atoms with Gasteiger partial charge in [-0.25, -0.2) is 0 Å². The van der Waals surface area contributed by atoms with Crippen molar-refractivity contribution in [2.75, 3.05) is 13.4 Å². The zero-order chi connectivity index (χ0) is 22.6. The largest absolute Gasteiger partial charge is 0.468 e. The zero-order valence-corrected chi connectivity index (χ0v) is 19.4. The molecule has 0 saturated carbocycles. The highest BCUT2D eigenvalue weighted by Crippen LogP contribution is 2.42. The Morgan fingerprint density at radius 1 is 0.727 bits per heavy atom. The van der Waals surface area contributed by atoms with Crippen molar-refractivity contribution in [2.24, 2.45) is 0 Å². The van der Waals surface area contributed by atoms with Crippen molar-refractivity contribution in [1.29, 1.82) is 0 Å². The standard InChI is InChI=1S/C31H30O2/c1-3-32-21-33-26-15-12-24(13-16-26)28-18-19-30-27-11-7-6-10-25(27)20-31(30)29(28)17-14-23-9-5-4-8-22(23)2/h4-13,15-16,18-19H,3,14,17,20-21H2,1-2H3. The lowest BCUT2D eigenvalue weighted by Crippen LogP contribution is -2.02. The van der Waals surface area contributed by atoms with Crippen molar-refractivity contribution >= 4 is 0 Å². The Balaban J connectivity index is 1.51. The van der Waals surface area contributed by atoms with Gasteiger partial charge in [-0.3, -0.25) is 0 Å². The molecular formula is C31H30O2. The summed E-state index contributed by atoms with van der Waals surface area (Å²) in [5.41, 5.74) is 12.5. The van der Waals surface area contributed by atoms with E-state index in [-0.39, 0.29) is 6.79 Å². The molecule has 4 aromatic rings. The van der Waals surface area contributed by atoms with E-state index in [0.717, 1.165) is 25.0 Å². The lowest BCUT2D eigenvalue weighted by Gasteiger charge is -2.17. The summed E-state index contributed by atoms with van der Waals surface area (Å²) in [4.78, 5) is 0. The van der Waals surface area contributed by atoms with Gasteiger partial charge in [-0.05, 0) is 95.3 Å². The molecule has 0 unspecified atom stereocenters. The van der Waals surface area contributed by atoms with Gasteiger partial charge in [-0.15, -0.1) is 0 Å². The van der Waals surface area contributed by atoms with Crippen LogP contribution in [0.25, 0.3) is 22.3 Å². The summed E-state index contributed by atoms with van der Waals surface area (Å²) in [5.74, 6) is 0.835. The lowest BCUT2D eigenvalue weighted by atomic mass is 9.88. The van der Waals surface area contributed by atoms with Gasteiger partial charge in [0.2, 0.25) is 0 Å². The zero-order valence-electron chi connectivity index (χ0n) is 19.4. The maximum atomic E-state index is 5.68. The molecule has 166 valence electrons. The SMILES string of the molecule is CCOCOc1ccc(-c2ccc3c(c2CCc2ccccc2C)Cc2ccccc2-3)cc1. The molecule has 0 aliphatic heterocycles. The molecular weight excluding hydrogens is 404 g/mol. The molecule has 5 rings (SSSR count). The normalized spacial score (nSPS) is 11.8. The molecule has 0 aromatic heterocycles. The van der Waals surface area contributed by atoms with E-state index in [9.17, 15) is 0 Å². The maximum Gasteiger partial charge on any atom is 0.189 e. The first-order chi connectivity index (χ1) is 16.2. The summed E-state index contributed by atoms with van der Waals surface area (Å²) in [6, 6.07) is 30.6. The van der Waals surface area contributed by atoms with E-state index in [0.29, 0.717) is 6.61 Å².